The van der Waals surface area contributed by atoms with Crippen molar-refractivity contribution in [3.05, 3.63) is 23.5 Å². The lowest BCUT2D eigenvalue weighted by Crippen LogP contribution is -2.50. The van der Waals surface area contributed by atoms with Crippen molar-refractivity contribution < 1.29 is 4.74 Å². The second kappa shape index (κ2) is 5.93. The van der Waals surface area contributed by atoms with Crippen LogP contribution in [0.3, 0.4) is 0 Å². The quantitative estimate of drug-likeness (QED) is 0.923. The summed E-state index contributed by atoms with van der Waals surface area (Å²) < 4.78 is 5.37. The van der Waals surface area contributed by atoms with E-state index in [4.69, 9.17) is 4.74 Å². The average Bonchev–Trinajstić information content (AvgIpc) is 3.26. The van der Waals surface area contributed by atoms with Crippen LogP contribution in [0.5, 0.6) is 5.75 Å². The normalized spacial score (nSPS) is 27.4. The summed E-state index contributed by atoms with van der Waals surface area (Å²) in [7, 11) is 1.72. The van der Waals surface area contributed by atoms with Crippen LogP contribution in [-0.4, -0.2) is 42.2 Å². The zero-order valence-corrected chi connectivity index (χ0v) is 13.5. The minimum atomic E-state index is 0.282. The van der Waals surface area contributed by atoms with E-state index in [0.29, 0.717) is 0 Å². The number of ether oxygens (including phenoxy) is 1. The smallest absolute Gasteiger partial charge is 0.122 e. The Morgan fingerprint density at radius 2 is 2.24 bits per heavy atom. The lowest BCUT2D eigenvalue weighted by atomic mass is 9.95. The Labute approximate surface area is 127 Å². The van der Waals surface area contributed by atoms with Gasteiger partial charge in [0.05, 0.1) is 12.8 Å². The van der Waals surface area contributed by atoms with E-state index in [1.54, 1.807) is 7.11 Å². The molecule has 2 heterocycles. The van der Waals surface area contributed by atoms with Gasteiger partial charge >= 0.3 is 0 Å². The molecule has 0 radical (unpaired) electrons. The summed E-state index contributed by atoms with van der Waals surface area (Å²) in [4.78, 5) is 7.23. The maximum absolute atomic E-state index is 5.37. The summed E-state index contributed by atoms with van der Waals surface area (Å²) >= 11 is 0. The molecular formula is C17H27N3O. The molecule has 1 saturated carbocycles. The molecule has 2 aliphatic rings. The Bertz CT molecular complexity index is 501. The number of nitrogens with zero attached hydrogens (tertiary/aromatic N) is 2. The standard InChI is InChI=1S/C17H27N3O/c1-13-9-16(21-3)10-15(19-13)11-20-8-4-7-18-17(2,12-20)14-5-6-14/h9-10,14,18H,4-8,11-12H2,1-3H3. The molecule has 0 spiro atoms. The van der Waals surface area contributed by atoms with Crippen LogP contribution in [0.25, 0.3) is 0 Å². The lowest BCUT2D eigenvalue weighted by Gasteiger charge is -2.33. The molecule has 2 fully saturated rings. The van der Waals surface area contributed by atoms with Gasteiger partial charge in [-0.1, -0.05) is 0 Å². The van der Waals surface area contributed by atoms with Gasteiger partial charge in [0, 0.05) is 36.5 Å². The van der Waals surface area contributed by atoms with Crippen molar-refractivity contribution in [1.82, 2.24) is 15.2 Å². The maximum Gasteiger partial charge on any atom is 0.122 e. The Morgan fingerprint density at radius 1 is 1.43 bits per heavy atom. The van der Waals surface area contributed by atoms with Crippen LogP contribution in [0.1, 0.15) is 37.6 Å². The first-order valence-electron chi connectivity index (χ1n) is 8.08. The SMILES string of the molecule is COc1cc(C)nc(CN2CCCNC(C)(C3CC3)C2)c1. The van der Waals surface area contributed by atoms with E-state index in [1.165, 1.54) is 19.3 Å². The maximum atomic E-state index is 5.37. The number of rotatable bonds is 4. The molecule has 1 unspecified atom stereocenters. The van der Waals surface area contributed by atoms with Gasteiger partial charge in [0.1, 0.15) is 5.75 Å². The number of nitrogens with one attached hydrogen (secondary N) is 1. The molecule has 4 heteroatoms. The van der Waals surface area contributed by atoms with Crippen molar-refractivity contribution in [3.63, 3.8) is 0 Å². The molecule has 21 heavy (non-hydrogen) atoms. The Morgan fingerprint density at radius 3 is 2.95 bits per heavy atom. The predicted octanol–water partition coefficient (Wildman–Crippen LogP) is 2.36. The van der Waals surface area contributed by atoms with Gasteiger partial charge < -0.3 is 10.1 Å². The molecule has 1 aliphatic heterocycles. The van der Waals surface area contributed by atoms with Crippen LogP contribution in [0, 0.1) is 12.8 Å². The summed E-state index contributed by atoms with van der Waals surface area (Å²) in [6, 6.07) is 4.06. The van der Waals surface area contributed by atoms with Crippen molar-refractivity contribution in [3.8, 4) is 5.75 Å². The number of pyridine rings is 1. The predicted molar refractivity (Wildman–Crippen MR) is 84.6 cm³/mol. The first-order valence-corrected chi connectivity index (χ1v) is 8.08. The summed E-state index contributed by atoms with van der Waals surface area (Å²) in [5, 5.41) is 3.78. The fraction of sp³-hybridized carbons (Fsp3) is 0.706. The largest absolute Gasteiger partial charge is 0.497 e. The van der Waals surface area contributed by atoms with Crippen molar-refractivity contribution in [2.24, 2.45) is 5.92 Å². The highest BCUT2D eigenvalue weighted by Crippen LogP contribution is 2.40. The van der Waals surface area contributed by atoms with Crippen molar-refractivity contribution in [2.45, 2.75) is 45.2 Å². The second-order valence-corrected chi connectivity index (χ2v) is 6.82. The molecule has 0 bridgehead atoms. The van der Waals surface area contributed by atoms with Gasteiger partial charge in [-0.3, -0.25) is 9.88 Å². The van der Waals surface area contributed by atoms with Gasteiger partial charge in [-0.2, -0.15) is 0 Å². The van der Waals surface area contributed by atoms with E-state index < -0.39 is 0 Å². The van der Waals surface area contributed by atoms with Crippen molar-refractivity contribution >= 4 is 0 Å². The first kappa shape index (κ1) is 14.8. The van der Waals surface area contributed by atoms with Crippen LogP contribution in [-0.2, 0) is 6.54 Å². The van der Waals surface area contributed by atoms with Crippen molar-refractivity contribution in [1.29, 1.82) is 0 Å². The summed E-state index contributed by atoms with van der Waals surface area (Å²) in [5.41, 5.74) is 2.43. The third kappa shape index (κ3) is 3.55. The molecule has 1 saturated heterocycles. The molecule has 1 aromatic heterocycles. The lowest BCUT2D eigenvalue weighted by molar-refractivity contribution is 0.193. The third-order valence-electron chi connectivity index (χ3n) is 4.81. The van der Waals surface area contributed by atoms with E-state index in [2.05, 4.69) is 28.2 Å². The molecule has 116 valence electrons. The molecule has 1 N–H and O–H groups in total. The average molecular weight is 289 g/mol. The molecular weight excluding hydrogens is 262 g/mol. The topological polar surface area (TPSA) is 37.4 Å². The molecule has 0 amide bonds. The molecule has 0 aromatic carbocycles. The van der Waals surface area contributed by atoms with E-state index >= 15 is 0 Å². The minimum Gasteiger partial charge on any atom is -0.497 e. The van der Waals surface area contributed by atoms with Crippen LogP contribution in [0.2, 0.25) is 0 Å². The Hall–Kier alpha value is -1.13. The van der Waals surface area contributed by atoms with Crippen LogP contribution in [0.15, 0.2) is 12.1 Å². The zero-order valence-electron chi connectivity index (χ0n) is 13.5. The van der Waals surface area contributed by atoms with E-state index in [1.807, 2.05) is 13.0 Å². The van der Waals surface area contributed by atoms with E-state index in [0.717, 1.165) is 49.2 Å². The van der Waals surface area contributed by atoms with Gasteiger partial charge in [-0.05, 0) is 52.1 Å². The molecule has 3 rings (SSSR count). The third-order valence-corrected chi connectivity index (χ3v) is 4.81. The van der Waals surface area contributed by atoms with Crippen LogP contribution in [0.4, 0.5) is 0 Å². The van der Waals surface area contributed by atoms with E-state index in [-0.39, 0.29) is 5.54 Å². The highest BCUT2D eigenvalue weighted by atomic mass is 16.5. The summed E-state index contributed by atoms with van der Waals surface area (Å²) in [5.74, 6) is 1.77. The van der Waals surface area contributed by atoms with Crippen LogP contribution < -0.4 is 10.1 Å². The monoisotopic (exact) mass is 289 g/mol. The summed E-state index contributed by atoms with van der Waals surface area (Å²) in [6.45, 7) is 8.75. The molecule has 1 aliphatic carbocycles. The van der Waals surface area contributed by atoms with Gasteiger partial charge in [0.15, 0.2) is 0 Å². The van der Waals surface area contributed by atoms with Gasteiger partial charge in [-0.25, -0.2) is 0 Å². The number of hydrogen-bond acceptors (Lipinski definition) is 4. The Balaban J connectivity index is 1.72. The van der Waals surface area contributed by atoms with Gasteiger partial charge in [0.25, 0.3) is 0 Å². The number of aromatic nitrogens is 1. The van der Waals surface area contributed by atoms with Crippen molar-refractivity contribution in [2.75, 3.05) is 26.7 Å². The highest BCUT2D eigenvalue weighted by Gasteiger charge is 2.42. The second-order valence-electron chi connectivity index (χ2n) is 6.82. The fourth-order valence-corrected chi connectivity index (χ4v) is 3.54. The van der Waals surface area contributed by atoms with Crippen LogP contribution >= 0.6 is 0 Å². The first-order chi connectivity index (χ1) is 10.1. The zero-order chi connectivity index (χ0) is 14.9. The fourth-order valence-electron chi connectivity index (χ4n) is 3.54. The minimum absolute atomic E-state index is 0.282. The van der Waals surface area contributed by atoms with Gasteiger partial charge in [0.2, 0.25) is 0 Å². The molecule has 1 aromatic rings. The Kier molecular flexibility index (Phi) is 4.18. The van der Waals surface area contributed by atoms with E-state index in [9.17, 15) is 0 Å². The van der Waals surface area contributed by atoms with Gasteiger partial charge in [-0.15, -0.1) is 0 Å². The number of methoxy groups -OCH3 is 1. The highest BCUT2D eigenvalue weighted by molar-refractivity contribution is 5.26. The number of aryl methyl sites for hydroxylation is 1. The summed E-state index contributed by atoms with van der Waals surface area (Å²) in [6.07, 6.45) is 3.98. The number of hydrogen-bond donors (Lipinski definition) is 1. The molecule has 4 nitrogen and oxygen atoms in total. The molecule has 1 atom stereocenters.